The van der Waals surface area contributed by atoms with E-state index in [-0.39, 0.29) is 16.9 Å². The normalized spacial score (nSPS) is 12.8. The highest BCUT2D eigenvalue weighted by molar-refractivity contribution is 7.80. The summed E-state index contributed by atoms with van der Waals surface area (Å²) in [4.78, 5) is 0.265. The molecule has 0 aromatic heterocycles. The smallest absolute Gasteiger partial charge is 0.123 e. The summed E-state index contributed by atoms with van der Waals surface area (Å²) in [5.74, 6) is 0.109. The van der Waals surface area contributed by atoms with Gasteiger partial charge in [-0.25, -0.2) is 4.39 Å². The second-order valence-electron chi connectivity index (χ2n) is 4.43. The molecule has 94 valence electrons. The Balaban J connectivity index is 2.82. The Bertz CT molecular complexity index is 406. The number of benzene rings is 1. The summed E-state index contributed by atoms with van der Waals surface area (Å²) in [6.45, 7) is 6.46. The summed E-state index contributed by atoms with van der Waals surface area (Å²) in [5.41, 5.74) is 6.96. The molecule has 2 N–H and O–H groups in total. The minimum absolute atomic E-state index is 0.109. The van der Waals surface area contributed by atoms with Crippen molar-refractivity contribution in [2.45, 2.75) is 33.5 Å². The molecule has 0 radical (unpaired) electrons. The van der Waals surface area contributed by atoms with Gasteiger partial charge in [0.15, 0.2) is 0 Å². The first-order chi connectivity index (χ1) is 7.91. The Morgan fingerprint density at radius 3 is 2.59 bits per heavy atom. The second-order valence-corrected chi connectivity index (χ2v) is 4.87. The van der Waals surface area contributed by atoms with Crippen molar-refractivity contribution in [2.75, 3.05) is 0 Å². The molecule has 0 spiro atoms. The van der Waals surface area contributed by atoms with Crippen LogP contribution in [0.3, 0.4) is 0 Å². The summed E-state index contributed by atoms with van der Waals surface area (Å²) >= 11 is 4.92. The van der Waals surface area contributed by atoms with Crippen molar-refractivity contribution in [1.82, 2.24) is 0 Å². The maximum absolute atomic E-state index is 13.2. The van der Waals surface area contributed by atoms with Crippen LogP contribution in [0.2, 0.25) is 0 Å². The van der Waals surface area contributed by atoms with E-state index in [9.17, 15) is 4.39 Å². The molecule has 0 fully saturated rings. The van der Waals surface area contributed by atoms with Crippen molar-refractivity contribution in [3.63, 3.8) is 0 Å². The quantitative estimate of drug-likeness (QED) is 0.821. The molecule has 0 bridgehead atoms. The van der Waals surface area contributed by atoms with Crippen molar-refractivity contribution >= 4 is 17.2 Å². The summed E-state index contributed by atoms with van der Waals surface area (Å²) < 4.78 is 18.8. The molecule has 0 aliphatic carbocycles. The van der Waals surface area contributed by atoms with E-state index in [1.165, 1.54) is 12.1 Å². The van der Waals surface area contributed by atoms with Gasteiger partial charge in [0.1, 0.15) is 10.8 Å². The number of hydrogen-bond acceptors (Lipinski definition) is 2. The zero-order chi connectivity index (χ0) is 13.0. The van der Waals surface area contributed by atoms with Crippen molar-refractivity contribution < 1.29 is 9.13 Å². The molecule has 1 unspecified atom stereocenters. The van der Waals surface area contributed by atoms with Gasteiger partial charge >= 0.3 is 0 Å². The van der Waals surface area contributed by atoms with Gasteiger partial charge in [0.05, 0.1) is 12.7 Å². The van der Waals surface area contributed by atoms with E-state index in [0.717, 1.165) is 0 Å². The fraction of sp³-hybridized carbons (Fsp3) is 0.462. The molecular weight excluding hydrogens is 237 g/mol. The number of hydrogen-bond donors (Lipinski definition) is 1. The standard InChI is InChI=1S/C13H18FNOS/c1-8(2)9(3)16-7-10-6-11(14)4-5-12(10)13(15)17/h4-6,8-9H,7H2,1-3H3,(H2,15,17). The minimum atomic E-state index is -0.305. The molecule has 1 rings (SSSR count). The van der Waals surface area contributed by atoms with Crippen molar-refractivity contribution in [3.05, 3.63) is 35.1 Å². The Kier molecular flexibility index (Phi) is 5.02. The van der Waals surface area contributed by atoms with Crippen LogP contribution in [-0.2, 0) is 11.3 Å². The third-order valence-electron chi connectivity index (χ3n) is 2.77. The highest BCUT2D eigenvalue weighted by atomic mass is 32.1. The molecule has 0 saturated carbocycles. The Morgan fingerprint density at radius 2 is 2.06 bits per heavy atom. The SMILES string of the molecule is CC(C)C(C)OCc1cc(F)ccc1C(N)=S. The van der Waals surface area contributed by atoms with E-state index < -0.39 is 0 Å². The second kappa shape index (κ2) is 6.07. The van der Waals surface area contributed by atoms with Crippen LogP contribution in [0.5, 0.6) is 0 Å². The number of thiocarbonyl (C=S) groups is 1. The lowest BCUT2D eigenvalue weighted by molar-refractivity contribution is 0.0233. The van der Waals surface area contributed by atoms with Crippen LogP contribution in [0.4, 0.5) is 4.39 Å². The van der Waals surface area contributed by atoms with Gasteiger partial charge in [0.2, 0.25) is 0 Å². The Labute approximate surface area is 107 Å². The van der Waals surface area contributed by atoms with Crippen molar-refractivity contribution in [2.24, 2.45) is 11.7 Å². The highest BCUT2D eigenvalue weighted by Crippen LogP contribution is 2.15. The number of rotatable bonds is 5. The molecule has 1 aromatic carbocycles. The first-order valence-corrected chi connectivity index (χ1v) is 6.02. The zero-order valence-corrected chi connectivity index (χ0v) is 11.2. The lowest BCUT2D eigenvalue weighted by atomic mass is 10.1. The summed E-state index contributed by atoms with van der Waals surface area (Å²) in [7, 11) is 0. The molecule has 1 atom stereocenters. The first kappa shape index (κ1) is 14.1. The molecule has 4 heteroatoms. The van der Waals surface area contributed by atoms with Gasteiger partial charge in [-0.15, -0.1) is 0 Å². The third-order valence-corrected chi connectivity index (χ3v) is 2.99. The van der Waals surface area contributed by atoms with Gasteiger partial charge in [-0.1, -0.05) is 26.1 Å². The third kappa shape index (κ3) is 4.06. The average Bonchev–Trinajstić information content (AvgIpc) is 2.25. The predicted octanol–water partition coefficient (Wildman–Crippen LogP) is 3.02. The van der Waals surface area contributed by atoms with Gasteiger partial charge in [-0.05, 0) is 36.6 Å². The van der Waals surface area contributed by atoms with Gasteiger partial charge in [-0.3, -0.25) is 0 Å². The van der Waals surface area contributed by atoms with Crippen LogP contribution in [0.1, 0.15) is 31.9 Å². The van der Waals surface area contributed by atoms with Gasteiger partial charge in [0, 0.05) is 5.56 Å². The molecule has 0 amide bonds. The van der Waals surface area contributed by atoms with Crippen LogP contribution >= 0.6 is 12.2 Å². The van der Waals surface area contributed by atoms with Crippen molar-refractivity contribution in [3.8, 4) is 0 Å². The van der Waals surface area contributed by atoms with E-state index >= 15 is 0 Å². The van der Waals surface area contributed by atoms with E-state index in [1.807, 2.05) is 6.92 Å². The van der Waals surface area contributed by atoms with E-state index in [4.69, 9.17) is 22.7 Å². The molecule has 17 heavy (non-hydrogen) atoms. The maximum atomic E-state index is 13.2. The topological polar surface area (TPSA) is 35.2 Å². The fourth-order valence-electron chi connectivity index (χ4n) is 1.34. The molecular formula is C13H18FNOS. The van der Waals surface area contributed by atoms with Crippen LogP contribution < -0.4 is 5.73 Å². The molecule has 1 aromatic rings. The van der Waals surface area contributed by atoms with Crippen LogP contribution in [0.25, 0.3) is 0 Å². The summed E-state index contributed by atoms with van der Waals surface area (Å²) in [6.07, 6.45) is 0.109. The lowest BCUT2D eigenvalue weighted by Gasteiger charge is -2.17. The number of nitrogens with two attached hydrogens (primary N) is 1. The molecule has 0 saturated heterocycles. The first-order valence-electron chi connectivity index (χ1n) is 5.61. The van der Waals surface area contributed by atoms with Crippen LogP contribution in [0, 0.1) is 11.7 Å². The van der Waals surface area contributed by atoms with Crippen molar-refractivity contribution in [1.29, 1.82) is 0 Å². The largest absolute Gasteiger partial charge is 0.389 e. The molecule has 0 aliphatic heterocycles. The van der Waals surface area contributed by atoms with Crippen LogP contribution in [-0.4, -0.2) is 11.1 Å². The molecule has 0 heterocycles. The van der Waals surface area contributed by atoms with Gasteiger partial charge < -0.3 is 10.5 Å². The number of ether oxygens (including phenoxy) is 1. The van der Waals surface area contributed by atoms with Crippen LogP contribution in [0.15, 0.2) is 18.2 Å². The predicted molar refractivity (Wildman–Crippen MR) is 71.4 cm³/mol. The van der Waals surface area contributed by atoms with Gasteiger partial charge in [0.25, 0.3) is 0 Å². The summed E-state index contributed by atoms with van der Waals surface area (Å²) in [5, 5.41) is 0. The average molecular weight is 255 g/mol. The van der Waals surface area contributed by atoms with E-state index in [1.54, 1.807) is 6.07 Å². The Morgan fingerprint density at radius 1 is 1.41 bits per heavy atom. The Hall–Kier alpha value is -1.00. The van der Waals surface area contributed by atoms with E-state index in [0.29, 0.717) is 23.7 Å². The zero-order valence-electron chi connectivity index (χ0n) is 10.4. The molecule has 0 aliphatic rings. The minimum Gasteiger partial charge on any atom is -0.389 e. The lowest BCUT2D eigenvalue weighted by Crippen LogP contribution is -2.18. The monoisotopic (exact) mass is 255 g/mol. The molecule has 2 nitrogen and oxygen atoms in total. The number of halogens is 1. The fourth-order valence-corrected chi connectivity index (χ4v) is 1.53. The summed E-state index contributed by atoms with van der Waals surface area (Å²) in [6, 6.07) is 4.36. The maximum Gasteiger partial charge on any atom is 0.123 e. The highest BCUT2D eigenvalue weighted by Gasteiger charge is 2.11. The van der Waals surface area contributed by atoms with E-state index in [2.05, 4.69) is 13.8 Å². The van der Waals surface area contributed by atoms with Gasteiger partial charge in [-0.2, -0.15) is 0 Å².